The Morgan fingerprint density at radius 1 is 1.50 bits per heavy atom. The lowest BCUT2D eigenvalue weighted by Crippen LogP contribution is -2.05. The molecule has 0 fully saturated rings. The van der Waals surface area contributed by atoms with Crippen LogP contribution in [0.3, 0.4) is 0 Å². The summed E-state index contributed by atoms with van der Waals surface area (Å²) in [5.74, 6) is 0. The first-order valence-electron chi connectivity index (χ1n) is 5.67. The predicted octanol–water partition coefficient (Wildman–Crippen LogP) is 3.32. The molecule has 1 heterocycles. The summed E-state index contributed by atoms with van der Waals surface area (Å²) < 4.78 is 8.67. The Bertz CT molecular complexity index is 347. The second-order valence-electron chi connectivity index (χ2n) is 3.51. The molecule has 1 aromatic rings. The van der Waals surface area contributed by atoms with Gasteiger partial charge < -0.3 is 4.74 Å². The molecule has 90 valence electrons. The average Bonchev–Trinajstić information content (AvgIpc) is 2.61. The minimum Gasteiger partial charge on any atom is -0.375 e. The predicted molar refractivity (Wildman–Crippen MR) is 69.4 cm³/mol. The summed E-state index contributed by atoms with van der Waals surface area (Å²) >= 11 is 3.59. The van der Waals surface area contributed by atoms with Crippen LogP contribution >= 0.6 is 15.9 Å². The van der Waals surface area contributed by atoms with E-state index >= 15 is 0 Å². The number of aromatic nitrogens is 2. The van der Waals surface area contributed by atoms with E-state index in [-0.39, 0.29) is 0 Å². The zero-order valence-corrected chi connectivity index (χ0v) is 11.6. The first-order chi connectivity index (χ1) is 7.74. The fourth-order valence-electron chi connectivity index (χ4n) is 1.49. The number of aryl methyl sites for hydroxylation is 2. The Labute approximate surface area is 106 Å². The molecule has 0 unspecified atom stereocenters. The largest absolute Gasteiger partial charge is 0.375 e. The second-order valence-corrected chi connectivity index (χ2v) is 4.30. The molecule has 0 aliphatic heterocycles. The van der Waals surface area contributed by atoms with Gasteiger partial charge in [-0.3, -0.25) is 4.68 Å². The van der Waals surface area contributed by atoms with Crippen LogP contribution in [0.5, 0.6) is 0 Å². The zero-order chi connectivity index (χ0) is 12.0. The van der Waals surface area contributed by atoms with E-state index in [1.165, 1.54) is 0 Å². The molecule has 0 saturated carbocycles. The SMILES string of the molecule is C=CCCOCc1c(Br)c(CC)nn1CC. The number of hydrogen-bond acceptors (Lipinski definition) is 2. The molecule has 0 spiro atoms. The first-order valence-corrected chi connectivity index (χ1v) is 6.46. The van der Waals surface area contributed by atoms with E-state index in [1.807, 2.05) is 10.8 Å². The maximum Gasteiger partial charge on any atom is 0.0896 e. The van der Waals surface area contributed by atoms with Gasteiger partial charge in [0.2, 0.25) is 0 Å². The van der Waals surface area contributed by atoms with E-state index in [1.54, 1.807) is 0 Å². The van der Waals surface area contributed by atoms with Gasteiger partial charge in [-0.05, 0) is 35.7 Å². The van der Waals surface area contributed by atoms with Gasteiger partial charge in [0, 0.05) is 6.54 Å². The van der Waals surface area contributed by atoms with Crippen LogP contribution in [0.2, 0.25) is 0 Å². The van der Waals surface area contributed by atoms with E-state index < -0.39 is 0 Å². The Morgan fingerprint density at radius 3 is 2.81 bits per heavy atom. The van der Waals surface area contributed by atoms with Crippen LogP contribution < -0.4 is 0 Å². The monoisotopic (exact) mass is 286 g/mol. The molecule has 0 aliphatic carbocycles. The molecule has 0 atom stereocenters. The standard InChI is InChI=1S/C12H19BrN2O/c1-4-7-8-16-9-11-12(13)10(5-2)14-15(11)6-3/h4H,1,5-9H2,2-3H3. The molecule has 0 bridgehead atoms. The summed E-state index contributed by atoms with van der Waals surface area (Å²) in [4.78, 5) is 0. The highest BCUT2D eigenvalue weighted by atomic mass is 79.9. The summed E-state index contributed by atoms with van der Waals surface area (Å²) in [6, 6.07) is 0. The second kappa shape index (κ2) is 6.86. The topological polar surface area (TPSA) is 27.1 Å². The maximum absolute atomic E-state index is 5.58. The minimum absolute atomic E-state index is 0.606. The summed E-state index contributed by atoms with van der Waals surface area (Å²) in [7, 11) is 0. The van der Waals surface area contributed by atoms with Crippen molar-refractivity contribution in [3.8, 4) is 0 Å². The van der Waals surface area contributed by atoms with Crippen molar-refractivity contribution >= 4 is 15.9 Å². The van der Waals surface area contributed by atoms with Crippen LogP contribution in [0, 0.1) is 0 Å². The maximum atomic E-state index is 5.58. The number of hydrogen-bond donors (Lipinski definition) is 0. The number of nitrogens with zero attached hydrogens (tertiary/aromatic N) is 2. The van der Waals surface area contributed by atoms with Crippen LogP contribution in [0.25, 0.3) is 0 Å². The third kappa shape index (κ3) is 3.19. The molecule has 0 aromatic carbocycles. The third-order valence-electron chi connectivity index (χ3n) is 2.40. The third-order valence-corrected chi connectivity index (χ3v) is 3.31. The quantitative estimate of drug-likeness (QED) is 0.568. The molecule has 0 aliphatic rings. The molecular formula is C12H19BrN2O. The molecule has 0 radical (unpaired) electrons. The van der Waals surface area contributed by atoms with Gasteiger partial charge >= 0.3 is 0 Å². The molecule has 0 saturated heterocycles. The molecule has 0 N–H and O–H groups in total. The van der Waals surface area contributed by atoms with E-state index in [0.717, 1.165) is 35.2 Å². The van der Waals surface area contributed by atoms with Crippen LogP contribution in [0.15, 0.2) is 17.1 Å². The molecule has 4 heteroatoms. The lowest BCUT2D eigenvalue weighted by Gasteiger charge is -2.05. The summed E-state index contributed by atoms with van der Waals surface area (Å²) in [5.41, 5.74) is 2.23. The van der Waals surface area contributed by atoms with Gasteiger partial charge in [-0.25, -0.2) is 0 Å². The van der Waals surface area contributed by atoms with Gasteiger partial charge in [-0.1, -0.05) is 13.0 Å². The van der Waals surface area contributed by atoms with Crippen molar-refractivity contribution in [1.29, 1.82) is 0 Å². The van der Waals surface area contributed by atoms with Crippen LogP contribution in [-0.4, -0.2) is 16.4 Å². The summed E-state index contributed by atoms with van der Waals surface area (Å²) in [6.07, 6.45) is 3.69. The molecule has 0 amide bonds. The summed E-state index contributed by atoms with van der Waals surface area (Å²) in [6.45, 7) is 10.1. The van der Waals surface area contributed by atoms with E-state index in [9.17, 15) is 0 Å². The highest BCUT2D eigenvalue weighted by Gasteiger charge is 2.13. The van der Waals surface area contributed by atoms with Crippen molar-refractivity contribution in [3.63, 3.8) is 0 Å². The van der Waals surface area contributed by atoms with Crippen molar-refractivity contribution in [2.45, 2.75) is 39.8 Å². The minimum atomic E-state index is 0.606. The van der Waals surface area contributed by atoms with Gasteiger partial charge in [-0.15, -0.1) is 6.58 Å². The number of ether oxygens (including phenoxy) is 1. The molecule has 16 heavy (non-hydrogen) atoms. The lowest BCUT2D eigenvalue weighted by atomic mass is 10.3. The fourth-order valence-corrected chi connectivity index (χ4v) is 2.17. The van der Waals surface area contributed by atoms with Crippen molar-refractivity contribution in [2.24, 2.45) is 0 Å². The van der Waals surface area contributed by atoms with Crippen LogP contribution in [0.1, 0.15) is 31.7 Å². The van der Waals surface area contributed by atoms with Gasteiger partial charge in [0.15, 0.2) is 0 Å². The van der Waals surface area contributed by atoms with E-state index in [2.05, 4.69) is 41.5 Å². The molecule has 1 aromatic heterocycles. The summed E-state index contributed by atoms with van der Waals surface area (Å²) in [5, 5.41) is 4.52. The number of halogens is 1. The van der Waals surface area contributed by atoms with Crippen molar-refractivity contribution < 1.29 is 4.74 Å². The highest BCUT2D eigenvalue weighted by Crippen LogP contribution is 2.22. The zero-order valence-electron chi connectivity index (χ0n) is 10.0. The van der Waals surface area contributed by atoms with Crippen molar-refractivity contribution in [2.75, 3.05) is 6.61 Å². The first kappa shape index (κ1) is 13.5. The van der Waals surface area contributed by atoms with Gasteiger partial charge in [0.1, 0.15) is 0 Å². The van der Waals surface area contributed by atoms with Gasteiger partial charge in [0.25, 0.3) is 0 Å². The molecule has 3 nitrogen and oxygen atoms in total. The Kier molecular flexibility index (Phi) is 5.77. The van der Waals surface area contributed by atoms with E-state index in [0.29, 0.717) is 13.2 Å². The van der Waals surface area contributed by atoms with Crippen molar-refractivity contribution in [3.05, 3.63) is 28.5 Å². The smallest absolute Gasteiger partial charge is 0.0896 e. The Balaban J connectivity index is 2.69. The fraction of sp³-hybridized carbons (Fsp3) is 0.583. The molecule has 1 rings (SSSR count). The Hall–Kier alpha value is -0.610. The van der Waals surface area contributed by atoms with Crippen LogP contribution in [-0.2, 0) is 24.3 Å². The van der Waals surface area contributed by atoms with Crippen LogP contribution in [0.4, 0.5) is 0 Å². The normalized spacial score (nSPS) is 10.7. The van der Waals surface area contributed by atoms with Gasteiger partial charge in [-0.2, -0.15) is 5.10 Å². The van der Waals surface area contributed by atoms with Crippen molar-refractivity contribution in [1.82, 2.24) is 9.78 Å². The van der Waals surface area contributed by atoms with Gasteiger partial charge in [0.05, 0.1) is 29.1 Å². The van der Waals surface area contributed by atoms with E-state index in [4.69, 9.17) is 4.74 Å². The highest BCUT2D eigenvalue weighted by molar-refractivity contribution is 9.10. The lowest BCUT2D eigenvalue weighted by molar-refractivity contribution is 0.119. The average molecular weight is 287 g/mol. The Morgan fingerprint density at radius 2 is 2.25 bits per heavy atom. The molecular weight excluding hydrogens is 268 g/mol. The number of rotatable bonds is 7.